The fourth-order valence-corrected chi connectivity index (χ4v) is 4.83. The molecule has 0 spiro atoms. The Labute approximate surface area is 207 Å². The molecule has 0 aliphatic carbocycles. The molecule has 0 amide bonds. The molecule has 0 unspecified atom stereocenters. The van der Waals surface area contributed by atoms with Crippen molar-refractivity contribution < 1.29 is 9.66 Å². The first-order chi connectivity index (χ1) is 16.9. The molecule has 4 aromatic rings. The van der Waals surface area contributed by atoms with Crippen LogP contribution in [0.15, 0.2) is 78.0 Å². The number of benzene rings is 3. The van der Waals surface area contributed by atoms with Crippen molar-refractivity contribution in [3.05, 3.63) is 111 Å². The molecule has 0 fully saturated rings. The van der Waals surface area contributed by atoms with Gasteiger partial charge in [0, 0.05) is 16.2 Å². The van der Waals surface area contributed by atoms with Gasteiger partial charge in [-0.15, -0.1) is 10.2 Å². The summed E-state index contributed by atoms with van der Waals surface area (Å²) < 4.78 is 7.75. The van der Waals surface area contributed by atoms with Crippen molar-refractivity contribution >= 4 is 11.8 Å². The molecule has 4 rings (SSSR count). The maximum absolute atomic E-state index is 11.5. The lowest BCUT2D eigenvalue weighted by Crippen LogP contribution is -2.11. The topological polar surface area (TPSA) is 107 Å². The Bertz CT molecular complexity index is 1380. The van der Waals surface area contributed by atoms with Crippen molar-refractivity contribution in [2.45, 2.75) is 30.9 Å². The maximum Gasteiger partial charge on any atom is 0.220 e. The van der Waals surface area contributed by atoms with Gasteiger partial charge < -0.3 is 4.74 Å². The molecule has 0 N–H and O–H groups in total. The highest BCUT2D eigenvalue weighted by Gasteiger charge is 2.24. The molecule has 0 bridgehead atoms. The predicted molar refractivity (Wildman–Crippen MR) is 133 cm³/mol. The molecule has 0 aliphatic rings. The van der Waals surface area contributed by atoms with Crippen LogP contribution in [-0.2, 0) is 6.61 Å². The van der Waals surface area contributed by atoms with E-state index in [1.165, 1.54) is 11.8 Å². The van der Waals surface area contributed by atoms with Gasteiger partial charge in [0.15, 0.2) is 5.16 Å². The van der Waals surface area contributed by atoms with Gasteiger partial charge >= 0.3 is 0 Å². The quantitative estimate of drug-likeness (QED) is 0.176. The second-order valence-electron chi connectivity index (χ2n) is 7.95. The lowest BCUT2D eigenvalue weighted by molar-refractivity contribution is -0.479. The van der Waals surface area contributed by atoms with Crippen molar-refractivity contribution in [1.82, 2.24) is 14.8 Å². The number of aromatic nitrogens is 3. The molecule has 1 aromatic heterocycles. The van der Waals surface area contributed by atoms with Crippen LogP contribution in [0.25, 0.3) is 5.69 Å². The van der Waals surface area contributed by atoms with Gasteiger partial charge in [-0.2, -0.15) is 5.26 Å². The molecule has 0 saturated heterocycles. The average Bonchev–Trinajstić information content (AvgIpc) is 3.22. The third kappa shape index (κ3) is 5.86. The van der Waals surface area contributed by atoms with Crippen molar-refractivity contribution in [2.75, 3.05) is 6.54 Å². The Morgan fingerprint density at radius 2 is 1.86 bits per heavy atom. The Morgan fingerprint density at radius 1 is 1.09 bits per heavy atom. The van der Waals surface area contributed by atoms with Crippen LogP contribution in [0.2, 0.25) is 0 Å². The van der Waals surface area contributed by atoms with Crippen LogP contribution in [0.4, 0.5) is 0 Å². The Balaban J connectivity index is 1.54. The number of thioether (sulfide) groups is 1. The summed E-state index contributed by atoms with van der Waals surface area (Å²) in [5.41, 5.74) is 4.16. The van der Waals surface area contributed by atoms with E-state index in [0.717, 1.165) is 22.4 Å². The van der Waals surface area contributed by atoms with E-state index in [-0.39, 0.29) is 18.1 Å². The molecular weight excluding hydrogens is 462 g/mol. The first kappa shape index (κ1) is 24.0. The van der Waals surface area contributed by atoms with E-state index >= 15 is 0 Å². The SMILES string of the molecule is Cc1cccc(-n2c(C)nnc2S[C@@H](C[N+](=O)[O-])c2ccc(OCc3ccccc3C#N)cc2)c1. The van der Waals surface area contributed by atoms with E-state index in [9.17, 15) is 15.4 Å². The zero-order valence-corrected chi connectivity index (χ0v) is 20.1. The first-order valence-electron chi connectivity index (χ1n) is 10.9. The fourth-order valence-electron chi connectivity index (χ4n) is 3.65. The largest absolute Gasteiger partial charge is 0.489 e. The zero-order valence-electron chi connectivity index (χ0n) is 19.3. The molecule has 9 heteroatoms. The van der Waals surface area contributed by atoms with E-state index in [1.54, 1.807) is 18.2 Å². The minimum Gasteiger partial charge on any atom is -0.489 e. The van der Waals surface area contributed by atoms with Crippen LogP contribution in [0, 0.1) is 35.3 Å². The minimum atomic E-state index is -0.467. The minimum absolute atomic E-state index is 0.259. The number of hydrogen-bond acceptors (Lipinski definition) is 7. The van der Waals surface area contributed by atoms with Gasteiger partial charge in [-0.05, 0) is 55.3 Å². The van der Waals surface area contributed by atoms with Crippen LogP contribution in [-0.4, -0.2) is 26.2 Å². The molecule has 8 nitrogen and oxygen atoms in total. The zero-order chi connectivity index (χ0) is 24.8. The third-order valence-corrected chi connectivity index (χ3v) is 6.58. The van der Waals surface area contributed by atoms with Gasteiger partial charge in [0.05, 0.1) is 11.6 Å². The molecule has 1 heterocycles. The molecule has 35 heavy (non-hydrogen) atoms. The summed E-state index contributed by atoms with van der Waals surface area (Å²) in [5.74, 6) is 1.32. The number of nitro groups is 1. The van der Waals surface area contributed by atoms with Crippen molar-refractivity contribution in [3.63, 3.8) is 0 Å². The van der Waals surface area contributed by atoms with Gasteiger partial charge in [-0.3, -0.25) is 14.7 Å². The number of nitrogens with zero attached hydrogens (tertiary/aromatic N) is 5. The number of ether oxygens (including phenoxy) is 1. The number of aryl methyl sites for hydroxylation is 2. The maximum atomic E-state index is 11.5. The molecular formula is C26H23N5O3S. The van der Waals surface area contributed by atoms with E-state index in [2.05, 4.69) is 16.3 Å². The van der Waals surface area contributed by atoms with Gasteiger partial charge in [0.1, 0.15) is 23.4 Å². The fraction of sp³-hybridized carbons (Fsp3) is 0.192. The Hall–Kier alpha value is -4.16. The molecule has 1 atom stereocenters. The van der Waals surface area contributed by atoms with Gasteiger partial charge in [0.25, 0.3) is 0 Å². The predicted octanol–water partition coefficient (Wildman–Crippen LogP) is 5.44. The summed E-state index contributed by atoms with van der Waals surface area (Å²) in [4.78, 5) is 11.1. The number of rotatable bonds is 9. The van der Waals surface area contributed by atoms with Crippen molar-refractivity contribution in [3.8, 4) is 17.5 Å². The smallest absolute Gasteiger partial charge is 0.220 e. The summed E-state index contributed by atoms with van der Waals surface area (Å²) >= 11 is 1.31. The number of hydrogen-bond donors (Lipinski definition) is 0. The average molecular weight is 486 g/mol. The van der Waals surface area contributed by atoms with Crippen molar-refractivity contribution in [2.24, 2.45) is 0 Å². The van der Waals surface area contributed by atoms with Crippen LogP contribution < -0.4 is 4.74 Å². The highest BCUT2D eigenvalue weighted by molar-refractivity contribution is 7.99. The monoisotopic (exact) mass is 485 g/mol. The van der Waals surface area contributed by atoms with Crippen LogP contribution >= 0.6 is 11.8 Å². The second kappa shape index (κ2) is 10.8. The highest BCUT2D eigenvalue weighted by atomic mass is 32.2. The molecule has 0 saturated carbocycles. The summed E-state index contributed by atoms with van der Waals surface area (Å²) in [7, 11) is 0. The van der Waals surface area contributed by atoms with Crippen LogP contribution in [0.3, 0.4) is 0 Å². The lowest BCUT2D eigenvalue weighted by Gasteiger charge is -2.15. The Kier molecular flexibility index (Phi) is 7.43. The van der Waals surface area contributed by atoms with Crippen molar-refractivity contribution in [1.29, 1.82) is 5.26 Å². The lowest BCUT2D eigenvalue weighted by atomic mass is 10.1. The van der Waals surface area contributed by atoms with Gasteiger partial charge in [-0.1, -0.05) is 54.2 Å². The molecule has 0 aliphatic heterocycles. The molecule has 0 radical (unpaired) electrons. The van der Waals surface area contributed by atoms with E-state index in [4.69, 9.17) is 4.74 Å². The first-order valence-corrected chi connectivity index (χ1v) is 11.8. The summed E-state index contributed by atoms with van der Waals surface area (Å²) in [6.07, 6.45) is 0. The standard InChI is InChI=1S/C26H23N5O3S/c1-18-6-5-9-23(14-18)31-19(2)28-29-26(31)35-25(16-30(32)33)20-10-12-24(13-11-20)34-17-22-8-4-3-7-21(22)15-27/h3-14,25H,16-17H2,1-2H3/t25-/m0/s1. The summed E-state index contributed by atoms with van der Waals surface area (Å²) in [5, 5.41) is 29.3. The van der Waals surface area contributed by atoms with E-state index < -0.39 is 5.25 Å². The molecule has 3 aromatic carbocycles. The van der Waals surface area contributed by atoms with Gasteiger partial charge in [0.2, 0.25) is 6.54 Å². The summed E-state index contributed by atoms with van der Waals surface area (Å²) in [6, 6.07) is 24.6. The van der Waals surface area contributed by atoms with Crippen LogP contribution in [0.1, 0.15) is 33.3 Å². The van der Waals surface area contributed by atoms with Gasteiger partial charge in [-0.25, -0.2) is 0 Å². The van der Waals surface area contributed by atoms with E-state index in [1.807, 2.05) is 73.0 Å². The van der Waals surface area contributed by atoms with E-state index in [0.29, 0.717) is 22.3 Å². The Morgan fingerprint density at radius 3 is 2.57 bits per heavy atom. The normalized spacial score (nSPS) is 11.6. The second-order valence-corrected chi connectivity index (χ2v) is 9.12. The summed E-state index contributed by atoms with van der Waals surface area (Å²) in [6.45, 7) is 3.86. The number of nitriles is 1. The third-order valence-electron chi connectivity index (χ3n) is 5.40. The molecule has 176 valence electrons. The highest BCUT2D eigenvalue weighted by Crippen LogP contribution is 2.36. The van der Waals surface area contributed by atoms with Crippen LogP contribution in [0.5, 0.6) is 5.75 Å².